The van der Waals surface area contributed by atoms with E-state index in [2.05, 4.69) is 63.7 Å². The van der Waals surface area contributed by atoms with E-state index < -0.39 is 29.6 Å². The number of carbonyl (C=O) groups excluding carboxylic acids is 2. The smallest absolute Gasteiger partial charge is 0.263 e. The first-order chi connectivity index (χ1) is 10.4. The van der Waals surface area contributed by atoms with E-state index in [4.69, 9.17) is 0 Å². The number of halogens is 4. The normalized spacial score (nSPS) is 15.0. The third-order valence-electron chi connectivity index (χ3n) is 3.58. The Kier molecular flexibility index (Phi) is 9.83. The standard InChI is InChI=1S/C14H13Br4NO4.2Rh/c1-14(2,3)10(13(22)23)19-11(20)4-5(12(19)21)7(16)9(18)8(17)6(4)15;;/h10,13,22-23H,1-3H3;;/t10-;;/m0../s1. The molecule has 1 aliphatic heterocycles. The van der Waals surface area contributed by atoms with E-state index >= 15 is 0 Å². The molecule has 2 N–H and O–H groups in total. The summed E-state index contributed by atoms with van der Waals surface area (Å²) in [5.41, 5.74) is -0.340. The number of hydrogen-bond donors (Lipinski definition) is 2. The fraction of sp³-hybridized carbons (Fsp3) is 0.429. The molecule has 0 spiro atoms. The number of amides is 2. The van der Waals surface area contributed by atoms with Gasteiger partial charge in [-0.2, -0.15) is 0 Å². The number of hydrogen-bond acceptors (Lipinski definition) is 4. The largest absolute Gasteiger partial charge is 0.366 e. The van der Waals surface area contributed by atoms with Gasteiger partial charge in [0.1, 0.15) is 0 Å². The first kappa shape index (κ1) is 26.4. The van der Waals surface area contributed by atoms with Gasteiger partial charge in [0.15, 0.2) is 6.29 Å². The number of carbonyl (C=O) groups is 2. The number of fused-ring (bicyclic) bond motifs is 1. The van der Waals surface area contributed by atoms with Gasteiger partial charge in [-0.3, -0.25) is 14.5 Å². The van der Waals surface area contributed by atoms with Crippen molar-refractivity contribution < 1.29 is 58.8 Å². The van der Waals surface area contributed by atoms with Crippen LogP contribution in [0.5, 0.6) is 0 Å². The van der Waals surface area contributed by atoms with E-state index in [9.17, 15) is 19.8 Å². The summed E-state index contributed by atoms with van der Waals surface area (Å²) in [7, 11) is 0. The van der Waals surface area contributed by atoms with Crippen molar-refractivity contribution in [1.82, 2.24) is 4.90 Å². The Hall–Kier alpha value is 1.45. The molecular formula is C14H13Br4NO4Rh2. The van der Waals surface area contributed by atoms with Crippen molar-refractivity contribution in [3.05, 3.63) is 29.0 Å². The predicted molar refractivity (Wildman–Crippen MR) is 99.2 cm³/mol. The maximum atomic E-state index is 12.8. The molecule has 0 fully saturated rings. The van der Waals surface area contributed by atoms with Crippen LogP contribution in [0.15, 0.2) is 17.9 Å². The molecule has 1 aromatic rings. The zero-order valence-corrected chi connectivity index (χ0v) is 22.6. The minimum absolute atomic E-state index is 0. The second-order valence-electron chi connectivity index (χ2n) is 6.21. The third-order valence-corrected chi connectivity index (χ3v) is 8.35. The molecular weight excluding hydrogens is 772 g/mol. The van der Waals surface area contributed by atoms with Crippen LogP contribution >= 0.6 is 63.7 Å². The van der Waals surface area contributed by atoms with Crippen LogP contribution in [-0.2, 0) is 39.0 Å². The number of rotatable bonds is 2. The molecule has 1 aromatic carbocycles. The monoisotopic (exact) mass is 781 g/mol. The summed E-state index contributed by atoms with van der Waals surface area (Å²) in [5.74, 6) is -1.14. The van der Waals surface area contributed by atoms with Crippen LogP contribution in [0.25, 0.3) is 0 Å². The second-order valence-corrected chi connectivity index (χ2v) is 9.38. The van der Waals surface area contributed by atoms with Crippen molar-refractivity contribution >= 4 is 75.5 Å². The maximum absolute atomic E-state index is 12.8. The number of nitrogens with zero attached hydrogens (tertiary/aromatic N) is 1. The van der Waals surface area contributed by atoms with Gasteiger partial charge in [0.05, 0.1) is 17.2 Å². The van der Waals surface area contributed by atoms with Crippen LogP contribution in [-0.4, -0.2) is 39.3 Å². The van der Waals surface area contributed by atoms with Gasteiger partial charge in [-0.1, -0.05) is 20.8 Å². The molecule has 1 heterocycles. The van der Waals surface area contributed by atoms with Crippen LogP contribution in [0.1, 0.15) is 41.5 Å². The van der Waals surface area contributed by atoms with Crippen LogP contribution in [0.2, 0.25) is 0 Å². The second kappa shape index (κ2) is 9.30. The van der Waals surface area contributed by atoms with Gasteiger partial charge in [-0.25, -0.2) is 0 Å². The molecule has 2 rings (SSSR count). The first-order valence-corrected chi connectivity index (χ1v) is 9.68. The van der Waals surface area contributed by atoms with Crippen molar-refractivity contribution in [2.45, 2.75) is 33.1 Å². The summed E-state index contributed by atoms with van der Waals surface area (Å²) in [6.07, 6.45) is -1.85. The van der Waals surface area contributed by atoms with E-state index in [1.807, 2.05) is 0 Å². The molecule has 0 saturated carbocycles. The Morgan fingerprint density at radius 1 is 0.800 bits per heavy atom. The molecule has 0 aromatic heterocycles. The van der Waals surface area contributed by atoms with Gasteiger partial charge in [0.2, 0.25) is 0 Å². The van der Waals surface area contributed by atoms with Gasteiger partial charge < -0.3 is 10.2 Å². The number of imide groups is 1. The third kappa shape index (κ3) is 4.55. The van der Waals surface area contributed by atoms with E-state index in [0.29, 0.717) is 17.9 Å². The van der Waals surface area contributed by atoms with Crippen molar-refractivity contribution in [3.8, 4) is 0 Å². The Morgan fingerprint density at radius 3 is 1.36 bits per heavy atom. The van der Waals surface area contributed by atoms with Crippen molar-refractivity contribution in [3.63, 3.8) is 0 Å². The molecule has 144 valence electrons. The summed E-state index contributed by atoms with van der Waals surface area (Å²) >= 11 is 13.4. The fourth-order valence-corrected chi connectivity index (χ4v) is 5.04. The molecule has 2 amide bonds. The molecule has 1 aliphatic rings. The molecule has 5 nitrogen and oxygen atoms in total. The van der Waals surface area contributed by atoms with Crippen molar-refractivity contribution in [2.24, 2.45) is 5.41 Å². The summed E-state index contributed by atoms with van der Waals surface area (Å²) in [6, 6.07) is -1.08. The van der Waals surface area contributed by atoms with Gasteiger partial charge in [0, 0.05) is 56.8 Å². The minimum Gasteiger partial charge on any atom is -0.366 e. The Morgan fingerprint density at radius 2 is 1.12 bits per heavy atom. The number of aliphatic hydroxyl groups is 2. The van der Waals surface area contributed by atoms with E-state index in [1.165, 1.54) is 0 Å². The van der Waals surface area contributed by atoms with Gasteiger partial charge >= 0.3 is 0 Å². The quantitative estimate of drug-likeness (QED) is 0.156. The summed E-state index contributed by atoms with van der Waals surface area (Å²) in [5, 5.41) is 19.5. The van der Waals surface area contributed by atoms with E-state index in [-0.39, 0.29) is 50.1 Å². The molecule has 25 heavy (non-hydrogen) atoms. The Balaban J connectivity index is 0.00000288. The zero-order chi connectivity index (χ0) is 17.9. The van der Waals surface area contributed by atoms with Crippen LogP contribution < -0.4 is 0 Å². The summed E-state index contributed by atoms with van der Waals surface area (Å²) < 4.78 is 2.04. The molecule has 0 unspecified atom stereocenters. The van der Waals surface area contributed by atoms with Crippen LogP contribution in [0, 0.1) is 5.41 Å². The Bertz CT molecular complexity index is 675. The molecule has 0 aliphatic carbocycles. The van der Waals surface area contributed by atoms with Gasteiger partial charge in [-0.15, -0.1) is 0 Å². The predicted octanol–water partition coefficient (Wildman–Crippen LogP) is 4.05. The molecule has 0 bridgehead atoms. The summed E-state index contributed by atoms with van der Waals surface area (Å²) in [4.78, 5) is 26.6. The van der Waals surface area contributed by atoms with Gasteiger partial charge in [0.25, 0.3) is 11.8 Å². The summed E-state index contributed by atoms with van der Waals surface area (Å²) in [6.45, 7) is 5.20. The molecule has 1 atom stereocenters. The molecule has 11 heteroatoms. The number of benzene rings is 1. The molecule has 0 saturated heterocycles. The van der Waals surface area contributed by atoms with Crippen LogP contribution in [0.4, 0.5) is 0 Å². The average molecular weight is 785 g/mol. The van der Waals surface area contributed by atoms with E-state index in [1.54, 1.807) is 20.8 Å². The van der Waals surface area contributed by atoms with Gasteiger partial charge in [-0.05, 0) is 69.1 Å². The minimum atomic E-state index is -1.85. The van der Waals surface area contributed by atoms with E-state index in [0.717, 1.165) is 4.90 Å². The first-order valence-electron chi connectivity index (χ1n) is 6.51. The zero-order valence-electron chi connectivity index (χ0n) is 13.0. The average Bonchev–Trinajstić information content (AvgIpc) is 2.66. The molecule has 2 radical (unpaired) electrons. The van der Waals surface area contributed by atoms with Crippen molar-refractivity contribution in [2.75, 3.05) is 0 Å². The van der Waals surface area contributed by atoms with Crippen LogP contribution in [0.3, 0.4) is 0 Å². The Labute approximate surface area is 204 Å². The topological polar surface area (TPSA) is 77.8 Å². The SMILES string of the molecule is CC(C)(C)[C@H](C(O)O)N1C(=O)c2c(Br)c(Br)c(Br)c(Br)c2C1=O.[Rh].[Rh]. The fourth-order valence-electron chi connectivity index (χ4n) is 2.59. The van der Waals surface area contributed by atoms with Crippen molar-refractivity contribution in [1.29, 1.82) is 0 Å². The maximum Gasteiger partial charge on any atom is 0.263 e. The number of aliphatic hydroxyl groups excluding tert-OH is 1.